The van der Waals surface area contributed by atoms with Crippen LogP contribution in [0.25, 0.3) is 11.3 Å². The fraction of sp³-hybridized carbons (Fsp3) is 0.158. The summed E-state index contributed by atoms with van der Waals surface area (Å²) >= 11 is 0. The third-order valence-electron chi connectivity index (χ3n) is 3.93. The Bertz CT molecular complexity index is 935. The molecule has 0 unspecified atom stereocenters. The molecule has 25 heavy (non-hydrogen) atoms. The van der Waals surface area contributed by atoms with Gasteiger partial charge in [-0.05, 0) is 29.8 Å². The molecule has 2 aromatic carbocycles. The van der Waals surface area contributed by atoms with E-state index in [0.29, 0.717) is 22.6 Å². The number of hydrogen-bond acceptors (Lipinski definition) is 3. The van der Waals surface area contributed by atoms with Gasteiger partial charge in [0.1, 0.15) is 23.1 Å². The van der Waals surface area contributed by atoms with Crippen molar-refractivity contribution >= 4 is 5.78 Å². The molecule has 0 saturated heterocycles. The number of aryl methyl sites for hydroxylation is 1. The monoisotopic (exact) mass is 342 g/mol. The molecule has 0 radical (unpaired) electrons. The summed E-state index contributed by atoms with van der Waals surface area (Å²) in [4.78, 5) is 12.4. The molecule has 1 heterocycles. The molecule has 0 bridgehead atoms. The number of benzene rings is 2. The van der Waals surface area contributed by atoms with E-state index in [4.69, 9.17) is 4.74 Å². The van der Waals surface area contributed by atoms with E-state index >= 15 is 0 Å². The van der Waals surface area contributed by atoms with Gasteiger partial charge in [-0.15, -0.1) is 0 Å². The van der Waals surface area contributed by atoms with Crippen LogP contribution in [0.3, 0.4) is 0 Å². The number of nitrogens with zero attached hydrogens (tertiary/aromatic N) is 2. The summed E-state index contributed by atoms with van der Waals surface area (Å²) in [5, 5.41) is 4.14. The number of methoxy groups -OCH3 is 1. The number of aromatic nitrogens is 2. The Hall–Kier alpha value is -3.02. The van der Waals surface area contributed by atoms with Crippen molar-refractivity contribution in [2.45, 2.75) is 6.42 Å². The predicted octanol–water partition coefficient (Wildman–Crippen LogP) is 3.80. The molecule has 0 aliphatic heterocycles. The maximum Gasteiger partial charge on any atom is 0.187 e. The quantitative estimate of drug-likeness (QED) is 0.663. The first-order chi connectivity index (χ1) is 12.0. The highest BCUT2D eigenvalue weighted by molar-refractivity contribution is 5.96. The maximum atomic E-state index is 14.3. The molecule has 0 saturated carbocycles. The van der Waals surface area contributed by atoms with Crippen LogP contribution in [0.15, 0.2) is 48.5 Å². The van der Waals surface area contributed by atoms with Gasteiger partial charge in [0.25, 0.3) is 0 Å². The lowest BCUT2D eigenvalue weighted by Crippen LogP contribution is -2.06. The molecule has 6 heteroatoms. The largest absolute Gasteiger partial charge is 0.497 e. The minimum atomic E-state index is -0.476. The fourth-order valence-corrected chi connectivity index (χ4v) is 2.59. The van der Waals surface area contributed by atoms with Gasteiger partial charge in [-0.1, -0.05) is 18.2 Å². The molecule has 0 aliphatic rings. The Balaban J connectivity index is 1.90. The first kappa shape index (κ1) is 16.8. The molecule has 0 atom stereocenters. The third kappa shape index (κ3) is 3.42. The van der Waals surface area contributed by atoms with Gasteiger partial charge in [0.05, 0.1) is 12.8 Å². The van der Waals surface area contributed by atoms with Crippen molar-refractivity contribution in [3.05, 3.63) is 71.4 Å². The van der Waals surface area contributed by atoms with E-state index in [9.17, 15) is 13.6 Å². The van der Waals surface area contributed by atoms with Crippen LogP contribution < -0.4 is 4.74 Å². The molecular weight excluding hydrogens is 326 g/mol. The number of ketones is 1. The summed E-state index contributed by atoms with van der Waals surface area (Å²) in [6.07, 6.45) is -0.103. The minimum absolute atomic E-state index is 0.103. The van der Waals surface area contributed by atoms with Crippen LogP contribution >= 0.6 is 0 Å². The summed E-state index contributed by atoms with van der Waals surface area (Å²) in [5.74, 6) is -0.844. The van der Waals surface area contributed by atoms with Gasteiger partial charge >= 0.3 is 0 Å². The highest BCUT2D eigenvalue weighted by Gasteiger charge is 2.18. The van der Waals surface area contributed by atoms with Crippen LogP contribution in [-0.4, -0.2) is 22.7 Å². The molecule has 1 aromatic heterocycles. The molecule has 0 spiro atoms. The zero-order valence-electron chi connectivity index (χ0n) is 13.8. The van der Waals surface area contributed by atoms with Crippen molar-refractivity contribution in [3.63, 3.8) is 0 Å². The van der Waals surface area contributed by atoms with Gasteiger partial charge in [-0.25, -0.2) is 8.78 Å². The molecule has 0 N–H and O–H groups in total. The van der Waals surface area contributed by atoms with E-state index in [-0.39, 0.29) is 17.9 Å². The van der Waals surface area contributed by atoms with Gasteiger partial charge in [0, 0.05) is 25.1 Å². The van der Waals surface area contributed by atoms with Crippen molar-refractivity contribution in [3.8, 4) is 17.0 Å². The Morgan fingerprint density at radius 2 is 1.88 bits per heavy atom. The van der Waals surface area contributed by atoms with Crippen LogP contribution in [-0.2, 0) is 13.5 Å². The van der Waals surface area contributed by atoms with Gasteiger partial charge in [0.15, 0.2) is 5.78 Å². The molecule has 0 aliphatic carbocycles. The van der Waals surface area contributed by atoms with E-state index in [0.717, 1.165) is 0 Å². The molecular formula is C19H16F2N2O2. The van der Waals surface area contributed by atoms with Crippen molar-refractivity contribution in [1.29, 1.82) is 0 Å². The van der Waals surface area contributed by atoms with Crippen LogP contribution in [0.1, 0.15) is 16.1 Å². The second-order valence-electron chi connectivity index (χ2n) is 5.58. The summed E-state index contributed by atoms with van der Waals surface area (Å²) in [6, 6.07) is 12.1. The number of halogens is 2. The number of ether oxygens (including phenoxy) is 1. The highest BCUT2D eigenvalue weighted by Crippen LogP contribution is 2.27. The van der Waals surface area contributed by atoms with Crippen molar-refractivity contribution in [1.82, 2.24) is 9.78 Å². The number of rotatable bonds is 5. The Labute approximate surface area is 143 Å². The number of Topliss-reactive ketones (excluding diaryl/α,β-unsaturated/α-hetero) is 1. The van der Waals surface area contributed by atoms with E-state index < -0.39 is 11.6 Å². The third-order valence-corrected chi connectivity index (χ3v) is 3.93. The fourth-order valence-electron chi connectivity index (χ4n) is 2.59. The summed E-state index contributed by atoms with van der Waals surface area (Å²) in [7, 11) is 3.08. The van der Waals surface area contributed by atoms with E-state index in [1.54, 1.807) is 37.4 Å². The highest BCUT2D eigenvalue weighted by atomic mass is 19.1. The SMILES string of the molecule is COc1ccc(-c2cc(C(=O)Cc3ccccc3F)nn2C)c(F)c1. The average Bonchev–Trinajstić information content (AvgIpc) is 2.98. The van der Waals surface area contributed by atoms with Crippen molar-refractivity contribution in [2.24, 2.45) is 7.05 Å². The average molecular weight is 342 g/mol. The Morgan fingerprint density at radius 3 is 2.56 bits per heavy atom. The Kier molecular flexibility index (Phi) is 4.61. The van der Waals surface area contributed by atoms with Gasteiger partial charge < -0.3 is 4.74 Å². The van der Waals surface area contributed by atoms with Crippen LogP contribution in [0.4, 0.5) is 8.78 Å². The Morgan fingerprint density at radius 1 is 1.12 bits per heavy atom. The molecule has 0 amide bonds. The van der Waals surface area contributed by atoms with Gasteiger partial charge in [-0.3, -0.25) is 9.48 Å². The first-order valence-corrected chi connectivity index (χ1v) is 7.64. The molecule has 4 nitrogen and oxygen atoms in total. The summed E-state index contributed by atoms with van der Waals surface area (Å²) < 4.78 is 34.4. The normalized spacial score (nSPS) is 10.7. The molecule has 3 aromatic rings. The van der Waals surface area contributed by atoms with Gasteiger partial charge in [0.2, 0.25) is 0 Å². The van der Waals surface area contributed by atoms with Crippen LogP contribution in [0.5, 0.6) is 5.75 Å². The van der Waals surface area contributed by atoms with E-state index in [1.807, 2.05) is 0 Å². The zero-order chi connectivity index (χ0) is 18.0. The summed E-state index contributed by atoms with van der Waals surface area (Å²) in [6.45, 7) is 0. The zero-order valence-corrected chi connectivity index (χ0v) is 13.8. The summed E-state index contributed by atoms with van der Waals surface area (Å²) in [5.41, 5.74) is 1.23. The number of carbonyl (C=O) groups is 1. The lowest BCUT2D eigenvalue weighted by molar-refractivity contribution is 0.0986. The van der Waals surface area contributed by atoms with Crippen LogP contribution in [0, 0.1) is 11.6 Å². The number of carbonyl (C=O) groups excluding carboxylic acids is 1. The lowest BCUT2D eigenvalue weighted by atomic mass is 10.1. The van der Waals surface area contributed by atoms with E-state index in [1.165, 1.54) is 30.0 Å². The maximum absolute atomic E-state index is 14.3. The van der Waals surface area contributed by atoms with Crippen LogP contribution in [0.2, 0.25) is 0 Å². The standard InChI is InChI=1S/C19H16F2N2O2/c1-23-18(14-8-7-13(25-2)10-16(14)21)11-17(22-23)19(24)9-12-5-3-4-6-15(12)20/h3-8,10-11H,9H2,1-2H3. The van der Waals surface area contributed by atoms with E-state index in [2.05, 4.69) is 5.10 Å². The topological polar surface area (TPSA) is 44.1 Å². The van der Waals surface area contributed by atoms with Crippen molar-refractivity contribution in [2.75, 3.05) is 7.11 Å². The molecule has 0 fully saturated rings. The second-order valence-corrected chi connectivity index (χ2v) is 5.58. The first-order valence-electron chi connectivity index (χ1n) is 7.64. The minimum Gasteiger partial charge on any atom is -0.497 e. The molecule has 3 rings (SSSR count). The number of hydrogen-bond donors (Lipinski definition) is 0. The van der Waals surface area contributed by atoms with Gasteiger partial charge in [-0.2, -0.15) is 5.10 Å². The van der Waals surface area contributed by atoms with Crippen molar-refractivity contribution < 1.29 is 18.3 Å². The molecule has 128 valence electrons. The smallest absolute Gasteiger partial charge is 0.187 e. The predicted molar refractivity (Wildman–Crippen MR) is 89.6 cm³/mol. The lowest BCUT2D eigenvalue weighted by Gasteiger charge is -2.05. The second kappa shape index (κ2) is 6.84.